The maximum atomic E-state index is 14.1. The van der Waals surface area contributed by atoms with Gasteiger partial charge in [-0.3, -0.25) is 13.9 Å². The molecule has 2 amide bonds. The second-order valence-corrected chi connectivity index (χ2v) is 14.5. The summed E-state index contributed by atoms with van der Waals surface area (Å²) in [7, 11) is -3.68. The molecule has 1 heterocycles. The van der Waals surface area contributed by atoms with Crippen LogP contribution in [0.5, 0.6) is 11.5 Å². The lowest BCUT2D eigenvalue weighted by Gasteiger charge is -2.33. The van der Waals surface area contributed by atoms with Gasteiger partial charge in [-0.05, 0) is 54.7 Å². The van der Waals surface area contributed by atoms with Gasteiger partial charge in [-0.2, -0.15) is 0 Å². The fraction of sp³-hybridized carbons (Fsp3) is 0.412. The van der Waals surface area contributed by atoms with Crippen molar-refractivity contribution in [1.29, 1.82) is 0 Å². The van der Waals surface area contributed by atoms with Crippen molar-refractivity contribution < 1.29 is 27.5 Å². The highest BCUT2D eigenvalue weighted by molar-refractivity contribution is 7.92. The first-order valence-electron chi connectivity index (χ1n) is 15.5. The molecule has 1 saturated carbocycles. The molecule has 3 aromatic rings. The summed E-state index contributed by atoms with van der Waals surface area (Å²) in [6.45, 7) is 0.982. The van der Waals surface area contributed by atoms with E-state index in [0.29, 0.717) is 46.9 Å². The van der Waals surface area contributed by atoms with Crippen LogP contribution in [0.3, 0.4) is 0 Å². The molecule has 3 aromatic carbocycles. The standard InChI is InChI=1S/C34H39Cl2N3O6S/c1-46(42,43)39(27-14-16-31-32(22-27)45-19-18-44-31)17-7-12-33(40)38(23-25-13-15-28(35)29(36)20-25)30(21-24-8-3-2-4-9-24)34(41)37-26-10-5-6-11-26/h2-4,8-9,13-16,20,22,26,30H,5-7,10-12,17-19,21,23H2,1H3,(H,37,41). The van der Waals surface area contributed by atoms with Crippen LogP contribution in [0.15, 0.2) is 66.7 Å². The monoisotopic (exact) mass is 687 g/mol. The average Bonchev–Trinajstić information content (AvgIpc) is 3.55. The molecular formula is C34H39Cl2N3O6S. The van der Waals surface area contributed by atoms with E-state index in [4.69, 9.17) is 32.7 Å². The van der Waals surface area contributed by atoms with Gasteiger partial charge in [-0.25, -0.2) is 8.42 Å². The highest BCUT2D eigenvalue weighted by Crippen LogP contribution is 2.35. The molecule has 1 fully saturated rings. The van der Waals surface area contributed by atoms with E-state index in [-0.39, 0.29) is 43.8 Å². The van der Waals surface area contributed by atoms with Crippen molar-refractivity contribution in [2.45, 2.75) is 63.6 Å². The van der Waals surface area contributed by atoms with Gasteiger partial charge >= 0.3 is 0 Å². The number of ether oxygens (including phenoxy) is 2. The van der Waals surface area contributed by atoms with Gasteiger partial charge in [0, 0.05) is 38.0 Å². The minimum atomic E-state index is -3.68. The SMILES string of the molecule is CS(=O)(=O)N(CCCC(=O)N(Cc1ccc(Cl)c(Cl)c1)C(Cc1ccccc1)C(=O)NC1CCCC1)c1ccc2c(c1)OCCO2. The Hall–Kier alpha value is -3.47. The summed E-state index contributed by atoms with van der Waals surface area (Å²) in [6.07, 6.45) is 5.61. The summed E-state index contributed by atoms with van der Waals surface area (Å²) in [5.41, 5.74) is 2.07. The van der Waals surface area contributed by atoms with Gasteiger partial charge in [0.25, 0.3) is 0 Å². The van der Waals surface area contributed by atoms with E-state index < -0.39 is 16.1 Å². The van der Waals surface area contributed by atoms with E-state index in [2.05, 4.69) is 5.32 Å². The maximum Gasteiger partial charge on any atom is 0.243 e. The molecule has 0 spiro atoms. The Balaban J connectivity index is 1.39. The van der Waals surface area contributed by atoms with Crippen LogP contribution in [0, 0.1) is 0 Å². The minimum absolute atomic E-state index is 0.0138. The third-order valence-electron chi connectivity index (χ3n) is 8.28. The molecule has 1 aliphatic heterocycles. The number of nitrogens with one attached hydrogen (secondary N) is 1. The minimum Gasteiger partial charge on any atom is -0.486 e. The summed E-state index contributed by atoms with van der Waals surface area (Å²) in [4.78, 5) is 29.6. The number of benzene rings is 3. The number of fused-ring (bicyclic) bond motifs is 1. The third kappa shape index (κ3) is 8.86. The van der Waals surface area contributed by atoms with Crippen LogP contribution < -0.4 is 19.1 Å². The number of amides is 2. The zero-order chi connectivity index (χ0) is 32.7. The number of carbonyl (C=O) groups is 2. The quantitative estimate of drug-likeness (QED) is 0.236. The van der Waals surface area contributed by atoms with Crippen LogP contribution in [0.1, 0.15) is 49.7 Å². The molecule has 246 valence electrons. The maximum absolute atomic E-state index is 14.1. The van der Waals surface area contributed by atoms with Crippen molar-refractivity contribution in [2.75, 3.05) is 30.3 Å². The Bertz CT molecular complexity index is 1630. The first-order chi connectivity index (χ1) is 22.1. The van der Waals surface area contributed by atoms with Gasteiger partial charge in [0.05, 0.1) is 22.0 Å². The van der Waals surface area contributed by atoms with Crippen molar-refractivity contribution in [2.24, 2.45) is 0 Å². The molecule has 1 atom stereocenters. The average molecular weight is 689 g/mol. The predicted molar refractivity (Wildman–Crippen MR) is 180 cm³/mol. The lowest BCUT2D eigenvalue weighted by atomic mass is 10.0. The molecule has 5 rings (SSSR count). The molecule has 0 saturated heterocycles. The molecule has 0 bridgehead atoms. The first kappa shape index (κ1) is 33.9. The molecule has 9 nitrogen and oxygen atoms in total. The number of rotatable bonds is 13. The van der Waals surface area contributed by atoms with Gasteiger partial charge in [0.2, 0.25) is 21.8 Å². The van der Waals surface area contributed by atoms with Crippen molar-refractivity contribution in [1.82, 2.24) is 10.2 Å². The van der Waals surface area contributed by atoms with Crippen molar-refractivity contribution >= 4 is 50.7 Å². The van der Waals surface area contributed by atoms with E-state index in [9.17, 15) is 18.0 Å². The first-order valence-corrected chi connectivity index (χ1v) is 18.1. The molecule has 1 aliphatic carbocycles. The molecule has 1 unspecified atom stereocenters. The molecule has 1 N–H and O–H groups in total. The van der Waals surface area contributed by atoms with Crippen LogP contribution in [0.25, 0.3) is 0 Å². The molecule has 46 heavy (non-hydrogen) atoms. The van der Waals surface area contributed by atoms with E-state index in [0.717, 1.165) is 43.1 Å². The lowest BCUT2D eigenvalue weighted by Crippen LogP contribution is -2.52. The molecule has 0 aromatic heterocycles. The largest absolute Gasteiger partial charge is 0.486 e. The predicted octanol–water partition coefficient (Wildman–Crippen LogP) is 6.01. The molecular weight excluding hydrogens is 649 g/mol. The van der Waals surface area contributed by atoms with Crippen molar-refractivity contribution in [3.63, 3.8) is 0 Å². The normalized spacial score (nSPS) is 15.3. The second kappa shape index (κ2) is 15.4. The van der Waals surface area contributed by atoms with E-state index in [1.54, 1.807) is 41.3 Å². The number of nitrogens with zero attached hydrogens (tertiary/aromatic N) is 2. The fourth-order valence-electron chi connectivity index (χ4n) is 5.95. The Morgan fingerprint density at radius 1 is 0.913 bits per heavy atom. The van der Waals surface area contributed by atoms with Crippen LogP contribution in [0.4, 0.5) is 5.69 Å². The van der Waals surface area contributed by atoms with Crippen LogP contribution >= 0.6 is 23.2 Å². The molecule has 12 heteroatoms. The van der Waals surface area contributed by atoms with E-state index in [1.165, 1.54) is 4.31 Å². The molecule has 2 aliphatic rings. The summed E-state index contributed by atoms with van der Waals surface area (Å²) in [5.74, 6) is 0.539. The van der Waals surface area contributed by atoms with Crippen molar-refractivity contribution in [3.8, 4) is 11.5 Å². The number of hydrogen-bond acceptors (Lipinski definition) is 6. The third-order valence-corrected chi connectivity index (χ3v) is 10.2. The van der Waals surface area contributed by atoms with Crippen LogP contribution in [0.2, 0.25) is 10.0 Å². The summed E-state index contributed by atoms with van der Waals surface area (Å²) < 4.78 is 38.2. The summed E-state index contributed by atoms with van der Waals surface area (Å²) >= 11 is 12.5. The van der Waals surface area contributed by atoms with Crippen LogP contribution in [-0.4, -0.2) is 63.2 Å². The van der Waals surface area contributed by atoms with E-state index in [1.807, 2.05) is 30.3 Å². The van der Waals surface area contributed by atoms with E-state index >= 15 is 0 Å². The Morgan fingerprint density at radius 2 is 1.63 bits per heavy atom. The van der Waals surface area contributed by atoms with Gasteiger partial charge in [0.1, 0.15) is 19.3 Å². The Labute approximate surface area is 280 Å². The number of halogens is 2. The summed E-state index contributed by atoms with van der Waals surface area (Å²) in [6, 6.07) is 19.0. The number of hydrogen-bond donors (Lipinski definition) is 1. The zero-order valence-electron chi connectivity index (χ0n) is 25.8. The highest BCUT2D eigenvalue weighted by atomic mass is 35.5. The topological polar surface area (TPSA) is 105 Å². The van der Waals surface area contributed by atoms with Crippen LogP contribution in [-0.2, 0) is 32.6 Å². The van der Waals surface area contributed by atoms with Gasteiger partial charge in [-0.15, -0.1) is 0 Å². The number of anilines is 1. The van der Waals surface area contributed by atoms with Gasteiger partial charge in [0.15, 0.2) is 11.5 Å². The highest BCUT2D eigenvalue weighted by Gasteiger charge is 2.32. The number of sulfonamides is 1. The lowest BCUT2D eigenvalue weighted by molar-refractivity contribution is -0.141. The fourth-order valence-corrected chi connectivity index (χ4v) is 7.23. The second-order valence-electron chi connectivity index (χ2n) is 11.7. The van der Waals surface area contributed by atoms with Crippen molar-refractivity contribution in [3.05, 3.63) is 87.9 Å². The Morgan fingerprint density at radius 3 is 2.33 bits per heavy atom. The molecule has 0 radical (unpaired) electrons. The van der Waals surface area contributed by atoms with Gasteiger partial charge < -0.3 is 19.7 Å². The number of carbonyl (C=O) groups excluding carboxylic acids is 2. The smallest absolute Gasteiger partial charge is 0.243 e. The Kier molecular flexibility index (Phi) is 11.4. The summed E-state index contributed by atoms with van der Waals surface area (Å²) in [5, 5.41) is 3.94. The zero-order valence-corrected chi connectivity index (χ0v) is 28.1. The van der Waals surface area contributed by atoms with Gasteiger partial charge in [-0.1, -0.05) is 72.4 Å².